The third-order valence-electron chi connectivity index (χ3n) is 4.57. The van der Waals surface area contributed by atoms with Gasteiger partial charge in [0.2, 0.25) is 5.91 Å². The van der Waals surface area contributed by atoms with Gasteiger partial charge in [-0.1, -0.05) is 33.6 Å². The molecule has 22 heavy (non-hydrogen) atoms. The second-order valence-corrected chi connectivity index (χ2v) is 6.99. The standard InChI is InChI=1S/C16H27N3O3/c1-10(2)8-13-15(21)19(16(22)18-13)9-14(20)17-12-7-5-4-6-11(12)3/h10-13H,4-9H2,1-3H3,(H,17,20)(H,18,22). The molecule has 1 aliphatic heterocycles. The zero-order valence-corrected chi connectivity index (χ0v) is 13.7. The fourth-order valence-corrected chi connectivity index (χ4v) is 3.28. The predicted molar refractivity (Wildman–Crippen MR) is 83.1 cm³/mol. The van der Waals surface area contributed by atoms with Crippen LogP contribution in [0.25, 0.3) is 0 Å². The van der Waals surface area contributed by atoms with Crippen LogP contribution in [0.2, 0.25) is 0 Å². The summed E-state index contributed by atoms with van der Waals surface area (Å²) < 4.78 is 0. The molecule has 2 aliphatic rings. The first kappa shape index (κ1) is 16.8. The van der Waals surface area contributed by atoms with Crippen molar-refractivity contribution in [1.29, 1.82) is 0 Å². The van der Waals surface area contributed by atoms with Crippen LogP contribution in [-0.2, 0) is 9.59 Å². The molecule has 0 spiro atoms. The van der Waals surface area contributed by atoms with Crippen molar-refractivity contribution in [1.82, 2.24) is 15.5 Å². The van der Waals surface area contributed by atoms with E-state index in [0.717, 1.165) is 24.2 Å². The molecule has 0 aromatic rings. The van der Waals surface area contributed by atoms with Gasteiger partial charge in [0, 0.05) is 6.04 Å². The number of rotatable bonds is 5. The van der Waals surface area contributed by atoms with E-state index in [1.807, 2.05) is 13.8 Å². The molecule has 1 saturated heterocycles. The van der Waals surface area contributed by atoms with E-state index in [9.17, 15) is 14.4 Å². The van der Waals surface area contributed by atoms with Gasteiger partial charge < -0.3 is 10.6 Å². The summed E-state index contributed by atoms with van der Waals surface area (Å²) in [5.74, 6) is 0.235. The molecule has 2 N–H and O–H groups in total. The van der Waals surface area contributed by atoms with Gasteiger partial charge in [-0.05, 0) is 31.1 Å². The van der Waals surface area contributed by atoms with E-state index in [2.05, 4.69) is 17.6 Å². The fraction of sp³-hybridized carbons (Fsp3) is 0.812. The van der Waals surface area contributed by atoms with E-state index in [-0.39, 0.29) is 24.4 Å². The van der Waals surface area contributed by atoms with Crippen LogP contribution in [0.5, 0.6) is 0 Å². The highest BCUT2D eigenvalue weighted by Gasteiger charge is 2.39. The summed E-state index contributed by atoms with van der Waals surface area (Å²) in [6.07, 6.45) is 5.02. The molecule has 1 aliphatic carbocycles. The summed E-state index contributed by atoms with van der Waals surface area (Å²) in [5, 5.41) is 5.64. The number of hydrogen-bond donors (Lipinski definition) is 2. The van der Waals surface area contributed by atoms with Crippen molar-refractivity contribution in [3.8, 4) is 0 Å². The van der Waals surface area contributed by atoms with Crippen molar-refractivity contribution in [2.45, 2.75) is 65.0 Å². The lowest BCUT2D eigenvalue weighted by atomic mass is 9.86. The van der Waals surface area contributed by atoms with Crippen LogP contribution in [0.1, 0.15) is 52.9 Å². The molecular weight excluding hydrogens is 282 g/mol. The highest BCUT2D eigenvalue weighted by atomic mass is 16.2. The van der Waals surface area contributed by atoms with E-state index in [1.165, 1.54) is 6.42 Å². The Balaban J connectivity index is 1.88. The van der Waals surface area contributed by atoms with E-state index in [0.29, 0.717) is 18.3 Å². The van der Waals surface area contributed by atoms with Crippen molar-refractivity contribution in [2.75, 3.05) is 6.54 Å². The summed E-state index contributed by atoms with van der Waals surface area (Å²) in [4.78, 5) is 37.3. The van der Waals surface area contributed by atoms with Gasteiger partial charge in [-0.15, -0.1) is 0 Å². The highest BCUT2D eigenvalue weighted by molar-refractivity contribution is 6.06. The number of nitrogens with one attached hydrogen (secondary N) is 2. The summed E-state index contributed by atoms with van der Waals surface area (Å²) >= 11 is 0. The summed E-state index contributed by atoms with van der Waals surface area (Å²) in [6, 6.07) is -0.787. The largest absolute Gasteiger partial charge is 0.352 e. The van der Waals surface area contributed by atoms with E-state index in [1.54, 1.807) is 0 Å². The average molecular weight is 309 g/mol. The molecule has 3 atom stereocenters. The van der Waals surface area contributed by atoms with Crippen LogP contribution in [0.3, 0.4) is 0 Å². The lowest BCUT2D eigenvalue weighted by Crippen LogP contribution is -2.47. The number of urea groups is 1. The zero-order chi connectivity index (χ0) is 16.3. The Morgan fingerprint density at radius 3 is 2.64 bits per heavy atom. The second kappa shape index (κ2) is 7.11. The first-order chi connectivity index (χ1) is 10.4. The Labute approximate surface area is 132 Å². The van der Waals surface area contributed by atoms with Crippen LogP contribution in [-0.4, -0.2) is 41.4 Å². The Hall–Kier alpha value is -1.59. The van der Waals surface area contributed by atoms with Crippen LogP contribution < -0.4 is 10.6 Å². The first-order valence-corrected chi connectivity index (χ1v) is 8.29. The molecule has 0 aromatic carbocycles. The Morgan fingerprint density at radius 1 is 1.32 bits per heavy atom. The van der Waals surface area contributed by atoms with Gasteiger partial charge in [-0.25, -0.2) is 4.79 Å². The lowest BCUT2D eigenvalue weighted by Gasteiger charge is -2.29. The van der Waals surface area contributed by atoms with Crippen molar-refractivity contribution < 1.29 is 14.4 Å². The quantitative estimate of drug-likeness (QED) is 0.758. The molecule has 6 nitrogen and oxygen atoms in total. The van der Waals surface area contributed by atoms with E-state index in [4.69, 9.17) is 0 Å². The SMILES string of the molecule is CC(C)CC1NC(=O)N(CC(=O)NC2CCCCC2C)C1=O. The average Bonchev–Trinajstić information content (AvgIpc) is 2.68. The Bertz CT molecular complexity index is 450. The normalized spacial score (nSPS) is 28.9. The maximum atomic E-state index is 12.2. The van der Waals surface area contributed by atoms with Crippen LogP contribution >= 0.6 is 0 Å². The fourth-order valence-electron chi connectivity index (χ4n) is 3.28. The molecule has 2 rings (SSSR count). The second-order valence-electron chi connectivity index (χ2n) is 6.99. The number of carbonyl (C=O) groups excluding carboxylic acids is 3. The Kier molecular flexibility index (Phi) is 5.42. The van der Waals surface area contributed by atoms with Crippen molar-refractivity contribution in [2.24, 2.45) is 11.8 Å². The third-order valence-corrected chi connectivity index (χ3v) is 4.57. The molecular formula is C16H27N3O3. The van der Waals surface area contributed by atoms with Crippen molar-refractivity contribution in [3.63, 3.8) is 0 Å². The lowest BCUT2D eigenvalue weighted by molar-refractivity contribution is -0.132. The molecule has 6 heteroatoms. The minimum atomic E-state index is -0.492. The van der Waals surface area contributed by atoms with Gasteiger partial charge >= 0.3 is 6.03 Å². The van der Waals surface area contributed by atoms with Crippen molar-refractivity contribution >= 4 is 17.8 Å². The molecule has 2 fully saturated rings. The molecule has 4 amide bonds. The minimum Gasteiger partial charge on any atom is -0.352 e. The molecule has 1 heterocycles. The van der Waals surface area contributed by atoms with Gasteiger partial charge in [0.15, 0.2) is 0 Å². The maximum Gasteiger partial charge on any atom is 0.325 e. The van der Waals surface area contributed by atoms with Crippen LogP contribution in [0.15, 0.2) is 0 Å². The van der Waals surface area contributed by atoms with Crippen LogP contribution in [0, 0.1) is 11.8 Å². The molecule has 0 radical (unpaired) electrons. The number of imide groups is 1. The van der Waals surface area contributed by atoms with Gasteiger partial charge in [-0.2, -0.15) is 0 Å². The number of amides is 4. The first-order valence-electron chi connectivity index (χ1n) is 8.29. The minimum absolute atomic E-state index is 0.161. The summed E-state index contributed by atoms with van der Waals surface area (Å²) in [6.45, 7) is 5.96. The zero-order valence-electron chi connectivity index (χ0n) is 13.7. The maximum absolute atomic E-state index is 12.2. The van der Waals surface area contributed by atoms with Gasteiger partial charge in [0.05, 0.1) is 0 Å². The molecule has 124 valence electrons. The predicted octanol–water partition coefficient (Wildman–Crippen LogP) is 1.65. The third kappa shape index (κ3) is 3.99. The molecule has 3 unspecified atom stereocenters. The summed E-state index contributed by atoms with van der Waals surface area (Å²) in [7, 11) is 0. The van der Waals surface area contributed by atoms with Gasteiger partial charge in [0.1, 0.15) is 12.6 Å². The molecule has 0 bridgehead atoms. The van der Waals surface area contributed by atoms with Gasteiger partial charge in [-0.3, -0.25) is 14.5 Å². The Morgan fingerprint density at radius 2 is 2.00 bits per heavy atom. The molecule has 1 saturated carbocycles. The number of carbonyl (C=O) groups is 3. The smallest absolute Gasteiger partial charge is 0.325 e. The van der Waals surface area contributed by atoms with Gasteiger partial charge in [0.25, 0.3) is 5.91 Å². The topological polar surface area (TPSA) is 78.5 Å². The van der Waals surface area contributed by atoms with Crippen LogP contribution in [0.4, 0.5) is 4.79 Å². The monoisotopic (exact) mass is 309 g/mol. The van der Waals surface area contributed by atoms with E-state index < -0.39 is 12.1 Å². The highest BCUT2D eigenvalue weighted by Crippen LogP contribution is 2.23. The molecule has 0 aromatic heterocycles. The van der Waals surface area contributed by atoms with E-state index >= 15 is 0 Å². The van der Waals surface area contributed by atoms with Crippen molar-refractivity contribution in [3.05, 3.63) is 0 Å². The summed E-state index contributed by atoms with van der Waals surface area (Å²) in [5.41, 5.74) is 0. The number of hydrogen-bond acceptors (Lipinski definition) is 3. The number of nitrogens with zero attached hydrogens (tertiary/aromatic N) is 1.